The van der Waals surface area contributed by atoms with Crippen molar-refractivity contribution in [1.29, 1.82) is 0 Å². The summed E-state index contributed by atoms with van der Waals surface area (Å²) in [4.78, 5) is 12.4. The molecule has 2 aromatic rings. The van der Waals surface area contributed by atoms with E-state index in [1.165, 1.54) is 11.3 Å². The maximum absolute atomic E-state index is 5.17. The Balaban J connectivity index is 2.53. The number of nitrogens with one attached hydrogen (secondary N) is 1. The Kier molecular flexibility index (Phi) is 3.80. The van der Waals surface area contributed by atoms with Crippen LogP contribution in [0.5, 0.6) is 0 Å². The first-order chi connectivity index (χ1) is 7.72. The number of hydrogen-bond donors (Lipinski definition) is 1. The maximum atomic E-state index is 5.17. The fraction of sp³-hybridized carbons (Fsp3) is 0.222. The molecule has 0 amide bonds. The molecule has 4 nitrogen and oxygen atoms in total. The number of halogens is 1. The van der Waals surface area contributed by atoms with Crippen molar-refractivity contribution < 1.29 is 4.74 Å². The Morgan fingerprint density at radius 1 is 1.62 bits per heavy atom. The summed E-state index contributed by atoms with van der Waals surface area (Å²) in [6, 6.07) is 0. The minimum atomic E-state index is 0.457. The number of H-pyrrole nitrogens is 1. The van der Waals surface area contributed by atoms with Crippen LogP contribution in [0.25, 0.3) is 10.7 Å². The maximum Gasteiger partial charge on any atom is 0.151 e. The predicted molar refractivity (Wildman–Crippen MR) is 68.9 cm³/mol. The standard InChI is InChI=1S/C9H8BrN3OS2/c1-14-3-5-7(10)9(15)13-8(12-5)6-2-11-4-16-6/h2,4H,3H2,1H3,(H,12,13,15). The van der Waals surface area contributed by atoms with Gasteiger partial charge in [-0.3, -0.25) is 4.98 Å². The molecule has 2 rings (SSSR count). The lowest BCUT2D eigenvalue weighted by atomic mass is 10.4. The summed E-state index contributed by atoms with van der Waals surface area (Å²) in [5.74, 6) is 0.725. The lowest BCUT2D eigenvalue weighted by molar-refractivity contribution is 0.181. The third-order valence-corrected chi connectivity index (χ3v) is 4.08. The average molecular weight is 318 g/mol. The monoisotopic (exact) mass is 317 g/mol. The molecule has 16 heavy (non-hydrogen) atoms. The van der Waals surface area contributed by atoms with Gasteiger partial charge in [0.1, 0.15) is 4.64 Å². The lowest BCUT2D eigenvalue weighted by Gasteiger charge is -2.06. The van der Waals surface area contributed by atoms with Gasteiger partial charge in [-0.15, -0.1) is 11.3 Å². The summed E-state index contributed by atoms with van der Waals surface area (Å²) < 4.78 is 6.39. The van der Waals surface area contributed by atoms with Crippen molar-refractivity contribution >= 4 is 39.5 Å². The summed E-state index contributed by atoms with van der Waals surface area (Å²) in [7, 11) is 1.64. The first-order valence-electron chi connectivity index (χ1n) is 4.39. The number of rotatable bonds is 3. The van der Waals surface area contributed by atoms with E-state index in [2.05, 4.69) is 30.9 Å². The molecule has 0 saturated heterocycles. The van der Waals surface area contributed by atoms with Crippen LogP contribution < -0.4 is 0 Å². The molecule has 0 aliphatic carbocycles. The molecule has 0 aromatic carbocycles. The minimum Gasteiger partial charge on any atom is -0.378 e. The SMILES string of the molecule is COCc1[nH]c(-c2cncs2)nc(=S)c1Br. The Morgan fingerprint density at radius 2 is 2.44 bits per heavy atom. The van der Waals surface area contributed by atoms with E-state index in [0.29, 0.717) is 11.2 Å². The van der Waals surface area contributed by atoms with Crippen LogP contribution in [0.1, 0.15) is 5.69 Å². The third-order valence-electron chi connectivity index (χ3n) is 1.89. The zero-order chi connectivity index (χ0) is 11.5. The Bertz CT molecular complexity index is 538. The lowest BCUT2D eigenvalue weighted by Crippen LogP contribution is -1.99. The molecule has 1 N–H and O–H groups in total. The third kappa shape index (κ3) is 2.37. The minimum absolute atomic E-state index is 0.457. The highest BCUT2D eigenvalue weighted by atomic mass is 79.9. The van der Waals surface area contributed by atoms with Gasteiger partial charge in [-0.25, -0.2) is 4.98 Å². The molecule has 0 radical (unpaired) electrons. The van der Waals surface area contributed by atoms with Gasteiger partial charge in [-0.2, -0.15) is 0 Å². The van der Waals surface area contributed by atoms with Crippen LogP contribution in [0.4, 0.5) is 0 Å². The fourth-order valence-corrected chi connectivity index (χ4v) is 2.28. The molecule has 0 atom stereocenters. The second kappa shape index (κ2) is 5.13. The molecule has 2 aromatic heterocycles. The van der Waals surface area contributed by atoms with E-state index >= 15 is 0 Å². The summed E-state index contributed by atoms with van der Waals surface area (Å²) in [6.45, 7) is 0.457. The van der Waals surface area contributed by atoms with Gasteiger partial charge in [-0.1, -0.05) is 12.2 Å². The second-order valence-electron chi connectivity index (χ2n) is 2.98. The number of thiazole rings is 1. The van der Waals surface area contributed by atoms with Crippen LogP contribution in [0.15, 0.2) is 16.2 Å². The van der Waals surface area contributed by atoms with Crippen molar-refractivity contribution in [3.63, 3.8) is 0 Å². The summed E-state index contributed by atoms with van der Waals surface area (Å²) in [5, 5.41) is 0. The molecule has 0 aliphatic heterocycles. The quantitative estimate of drug-likeness (QED) is 0.883. The highest BCUT2D eigenvalue weighted by Gasteiger charge is 2.08. The van der Waals surface area contributed by atoms with E-state index in [0.717, 1.165) is 20.9 Å². The van der Waals surface area contributed by atoms with E-state index in [9.17, 15) is 0 Å². The van der Waals surface area contributed by atoms with Crippen molar-refractivity contribution in [2.45, 2.75) is 6.61 Å². The van der Waals surface area contributed by atoms with E-state index < -0.39 is 0 Å². The normalized spacial score (nSPS) is 10.6. The fourth-order valence-electron chi connectivity index (χ4n) is 1.20. The zero-order valence-corrected chi connectivity index (χ0v) is 11.6. The summed E-state index contributed by atoms with van der Waals surface area (Å²) in [5.41, 5.74) is 2.64. The summed E-state index contributed by atoms with van der Waals surface area (Å²) >= 11 is 10.1. The van der Waals surface area contributed by atoms with E-state index in [1.54, 1.807) is 18.8 Å². The number of hydrogen-bond acceptors (Lipinski definition) is 5. The van der Waals surface area contributed by atoms with E-state index in [4.69, 9.17) is 17.0 Å². The van der Waals surface area contributed by atoms with Crippen molar-refractivity contribution in [3.05, 3.63) is 26.5 Å². The van der Waals surface area contributed by atoms with Crippen LogP contribution in [0.2, 0.25) is 0 Å². The van der Waals surface area contributed by atoms with Gasteiger partial charge < -0.3 is 9.72 Å². The Hall–Kier alpha value is -0.630. The van der Waals surface area contributed by atoms with Gasteiger partial charge in [0.15, 0.2) is 5.82 Å². The van der Waals surface area contributed by atoms with Crippen molar-refractivity contribution in [3.8, 4) is 10.7 Å². The molecule has 84 valence electrons. The number of nitrogens with zero attached hydrogens (tertiary/aromatic N) is 2. The Morgan fingerprint density at radius 3 is 3.06 bits per heavy atom. The van der Waals surface area contributed by atoms with Crippen molar-refractivity contribution in [2.24, 2.45) is 0 Å². The second-order valence-corrected chi connectivity index (χ2v) is 5.05. The van der Waals surface area contributed by atoms with Crippen LogP contribution >= 0.6 is 39.5 Å². The largest absolute Gasteiger partial charge is 0.378 e. The Labute approximate surface area is 110 Å². The van der Waals surface area contributed by atoms with Crippen molar-refractivity contribution in [1.82, 2.24) is 15.0 Å². The van der Waals surface area contributed by atoms with Gasteiger partial charge in [-0.05, 0) is 15.9 Å². The molecule has 0 bridgehead atoms. The highest BCUT2D eigenvalue weighted by molar-refractivity contribution is 9.10. The van der Waals surface area contributed by atoms with E-state index in [1.807, 2.05) is 0 Å². The smallest absolute Gasteiger partial charge is 0.151 e. The molecule has 0 fully saturated rings. The molecule has 0 saturated carbocycles. The van der Waals surface area contributed by atoms with Gasteiger partial charge in [0.05, 0.1) is 27.2 Å². The molecular weight excluding hydrogens is 310 g/mol. The number of methoxy groups -OCH3 is 1. The first-order valence-corrected chi connectivity index (χ1v) is 6.47. The van der Waals surface area contributed by atoms with Crippen LogP contribution in [0.3, 0.4) is 0 Å². The van der Waals surface area contributed by atoms with Gasteiger partial charge in [0, 0.05) is 13.3 Å². The van der Waals surface area contributed by atoms with Crippen molar-refractivity contribution in [2.75, 3.05) is 7.11 Å². The number of aromatic amines is 1. The molecule has 2 heterocycles. The van der Waals surface area contributed by atoms with Crippen LogP contribution in [-0.4, -0.2) is 22.1 Å². The predicted octanol–water partition coefficient (Wildman–Crippen LogP) is 3.17. The number of ether oxygens (including phenoxy) is 1. The summed E-state index contributed by atoms with van der Waals surface area (Å²) in [6.07, 6.45) is 1.75. The first kappa shape index (κ1) is 11.8. The van der Waals surface area contributed by atoms with E-state index in [-0.39, 0.29) is 0 Å². The zero-order valence-electron chi connectivity index (χ0n) is 8.36. The topological polar surface area (TPSA) is 50.8 Å². The molecule has 0 aliphatic rings. The average Bonchev–Trinajstić information content (AvgIpc) is 2.78. The number of aromatic nitrogens is 3. The molecule has 0 spiro atoms. The van der Waals surface area contributed by atoms with Gasteiger partial charge in [0.25, 0.3) is 0 Å². The van der Waals surface area contributed by atoms with Gasteiger partial charge in [0.2, 0.25) is 0 Å². The van der Waals surface area contributed by atoms with Crippen LogP contribution in [0, 0.1) is 4.64 Å². The molecule has 0 unspecified atom stereocenters. The highest BCUT2D eigenvalue weighted by Crippen LogP contribution is 2.23. The van der Waals surface area contributed by atoms with Gasteiger partial charge >= 0.3 is 0 Å². The molecular formula is C9H8BrN3OS2. The van der Waals surface area contributed by atoms with Crippen LogP contribution in [-0.2, 0) is 11.3 Å². The molecule has 7 heteroatoms.